The van der Waals surface area contributed by atoms with Crippen LogP contribution in [-0.2, 0) is 13.1 Å². The zero-order chi connectivity index (χ0) is 17.4. The van der Waals surface area contributed by atoms with Crippen molar-refractivity contribution in [1.82, 2.24) is 19.4 Å². The molecule has 1 N–H and O–H groups in total. The number of hydrogen-bond acceptors (Lipinski definition) is 2. The van der Waals surface area contributed by atoms with Crippen molar-refractivity contribution in [2.45, 2.75) is 20.0 Å². The molecule has 0 aliphatic carbocycles. The number of nitrogens with one attached hydrogen (secondary N) is 1. The van der Waals surface area contributed by atoms with Crippen molar-refractivity contribution in [3.63, 3.8) is 0 Å². The third-order valence-electron chi connectivity index (χ3n) is 4.53. The number of amides is 1. The lowest BCUT2D eigenvalue weighted by atomic mass is 10.1. The molecule has 5 heteroatoms. The number of aromatic amines is 1. The highest BCUT2D eigenvalue weighted by Crippen LogP contribution is 2.23. The number of nitrogens with zero attached hydrogens (tertiary/aromatic N) is 3. The number of aryl methyl sites for hydroxylation is 1. The van der Waals surface area contributed by atoms with Crippen LogP contribution in [0.1, 0.15) is 23.1 Å². The van der Waals surface area contributed by atoms with Crippen molar-refractivity contribution in [1.29, 1.82) is 0 Å². The van der Waals surface area contributed by atoms with Gasteiger partial charge in [0.05, 0.1) is 23.1 Å². The van der Waals surface area contributed by atoms with Gasteiger partial charge < -0.3 is 14.5 Å². The molecule has 4 aromatic rings. The summed E-state index contributed by atoms with van der Waals surface area (Å²) in [6.45, 7) is 3.36. The Labute approximate surface area is 145 Å². The number of benzene rings is 2. The van der Waals surface area contributed by atoms with Gasteiger partial charge in [-0.25, -0.2) is 4.98 Å². The maximum absolute atomic E-state index is 13.0. The third kappa shape index (κ3) is 2.67. The predicted octanol–water partition coefficient (Wildman–Crippen LogP) is 3.81. The van der Waals surface area contributed by atoms with Gasteiger partial charge in [-0.05, 0) is 25.1 Å². The second kappa shape index (κ2) is 6.09. The summed E-state index contributed by atoms with van der Waals surface area (Å²) in [4.78, 5) is 22.5. The van der Waals surface area contributed by atoms with Crippen molar-refractivity contribution >= 4 is 27.8 Å². The van der Waals surface area contributed by atoms with Gasteiger partial charge >= 0.3 is 0 Å². The van der Waals surface area contributed by atoms with Gasteiger partial charge in [-0.2, -0.15) is 0 Å². The molecular weight excluding hydrogens is 312 g/mol. The molecule has 0 saturated carbocycles. The summed E-state index contributed by atoms with van der Waals surface area (Å²) in [7, 11) is 1.81. The minimum Gasteiger partial charge on any atom is -0.347 e. The summed E-state index contributed by atoms with van der Waals surface area (Å²) < 4.78 is 2.11. The topological polar surface area (TPSA) is 53.9 Å². The van der Waals surface area contributed by atoms with E-state index in [1.807, 2.05) is 55.7 Å². The molecule has 0 saturated heterocycles. The minimum atomic E-state index is 0.00357. The Morgan fingerprint density at radius 3 is 2.72 bits per heavy atom. The van der Waals surface area contributed by atoms with Crippen LogP contribution in [-0.4, -0.2) is 32.4 Å². The number of H-pyrrole nitrogens is 1. The third-order valence-corrected chi connectivity index (χ3v) is 4.53. The molecule has 0 spiro atoms. The molecule has 2 aromatic carbocycles. The molecule has 0 aliphatic rings. The van der Waals surface area contributed by atoms with E-state index >= 15 is 0 Å². The number of aromatic nitrogens is 3. The number of carbonyl (C=O) groups excluding carboxylic acids is 1. The molecule has 126 valence electrons. The molecule has 0 unspecified atom stereocenters. The fourth-order valence-electron chi connectivity index (χ4n) is 3.26. The van der Waals surface area contributed by atoms with Crippen LogP contribution in [0.2, 0.25) is 0 Å². The van der Waals surface area contributed by atoms with Crippen LogP contribution >= 0.6 is 0 Å². The van der Waals surface area contributed by atoms with Crippen LogP contribution in [0.3, 0.4) is 0 Å². The first kappa shape index (κ1) is 15.4. The van der Waals surface area contributed by atoms with Crippen molar-refractivity contribution < 1.29 is 4.79 Å². The van der Waals surface area contributed by atoms with Crippen molar-refractivity contribution in [3.05, 3.63) is 66.1 Å². The van der Waals surface area contributed by atoms with E-state index in [1.165, 1.54) is 0 Å². The normalized spacial score (nSPS) is 11.3. The summed E-state index contributed by atoms with van der Waals surface area (Å²) in [6.07, 6.45) is 1.95. The molecule has 4 rings (SSSR count). The summed E-state index contributed by atoms with van der Waals surface area (Å²) >= 11 is 0. The molecular formula is C20H20N4O. The lowest BCUT2D eigenvalue weighted by Crippen LogP contribution is -2.26. The van der Waals surface area contributed by atoms with Crippen molar-refractivity contribution in [3.8, 4) is 0 Å². The summed E-state index contributed by atoms with van der Waals surface area (Å²) in [6, 6.07) is 15.9. The Kier molecular flexibility index (Phi) is 3.76. The Morgan fingerprint density at radius 2 is 1.92 bits per heavy atom. The van der Waals surface area contributed by atoms with E-state index in [2.05, 4.69) is 27.5 Å². The van der Waals surface area contributed by atoms with Crippen LogP contribution in [0, 0.1) is 0 Å². The summed E-state index contributed by atoms with van der Waals surface area (Å²) in [5.74, 6) is 0.792. The fourth-order valence-corrected chi connectivity index (χ4v) is 3.26. The van der Waals surface area contributed by atoms with Gasteiger partial charge in [-0.15, -0.1) is 0 Å². The zero-order valence-electron chi connectivity index (χ0n) is 14.4. The predicted molar refractivity (Wildman–Crippen MR) is 99.5 cm³/mol. The average molecular weight is 332 g/mol. The highest BCUT2D eigenvalue weighted by Gasteiger charge is 2.19. The Hall–Kier alpha value is -3.08. The molecule has 0 aliphatic heterocycles. The van der Waals surface area contributed by atoms with Crippen LogP contribution in [0.25, 0.3) is 21.9 Å². The Bertz CT molecular complexity index is 1030. The average Bonchev–Trinajstić information content (AvgIpc) is 3.21. The lowest BCUT2D eigenvalue weighted by Gasteiger charge is -2.15. The minimum absolute atomic E-state index is 0.00357. The number of imidazole rings is 1. The Balaban J connectivity index is 1.64. The SMILES string of the molecule is CCn1cc(C(=O)N(C)Cc2nc3ccccc3[nH]2)c2ccccc21. The number of rotatable bonds is 4. The molecule has 0 bridgehead atoms. The monoisotopic (exact) mass is 332 g/mol. The molecule has 25 heavy (non-hydrogen) atoms. The van der Waals surface area contributed by atoms with E-state index in [0.717, 1.165) is 39.9 Å². The highest BCUT2D eigenvalue weighted by atomic mass is 16.2. The van der Waals surface area contributed by atoms with Gasteiger partial charge in [0.1, 0.15) is 5.82 Å². The maximum atomic E-state index is 13.0. The molecule has 0 atom stereocenters. The second-order valence-corrected chi connectivity index (χ2v) is 6.21. The molecule has 2 heterocycles. The van der Waals surface area contributed by atoms with Crippen molar-refractivity contribution in [2.24, 2.45) is 0 Å². The van der Waals surface area contributed by atoms with Gasteiger partial charge in [0.15, 0.2) is 0 Å². The van der Waals surface area contributed by atoms with Gasteiger partial charge in [0.2, 0.25) is 0 Å². The molecule has 1 amide bonds. The van der Waals surface area contributed by atoms with Crippen LogP contribution < -0.4 is 0 Å². The van der Waals surface area contributed by atoms with E-state index in [1.54, 1.807) is 4.90 Å². The largest absolute Gasteiger partial charge is 0.347 e. The van der Waals surface area contributed by atoms with Crippen LogP contribution in [0.15, 0.2) is 54.7 Å². The summed E-state index contributed by atoms with van der Waals surface area (Å²) in [5.41, 5.74) is 3.73. The molecule has 0 radical (unpaired) electrons. The first-order valence-corrected chi connectivity index (χ1v) is 8.44. The van der Waals surface area contributed by atoms with Crippen molar-refractivity contribution in [2.75, 3.05) is 7.05 Å². The van der Waals surface area contributed by atoms with E-state index in [-0.39, 0.29) is 5.91 Å². The van der Waals surface area contributed by atoms with E-state index in [9.17, 15) is 4.79 Å². The van der Waals surface area contributed by atoms with Gasteiger partial charge in [-0.1, -0.05) is 30.3 Å². The second-order valence-electron chi connectivity index (χ2n) is 6.21. The van der Waals surface area contributed by atoms with E-state index < -0.39 is 0 Å². The van der Waals surface area contributed by atoms with Gasteiger partial charge in [0, 0.05) is 30.7 Å². The Morgan fingerprint density at radius 1 is 1.16 bits per heavy atom. The number of para-hydroxylation sites is 3. The standard InChI is InChI=1S/C20H20N4O/c1-3-24-12-15(14-8-4-7-11-18(14)24)20(25)23(2)13-19-21-16-9-5-6-10-17(16)22-19/h4-12H,3,13H2,1-2H3,(H,21,22). The van der Waals surface area contributed by atoms with Gasteiger partial charge in [-0.3, -0.25) is 4.79 Å². The number of hydrogen-bond donors (Lipinski definition) is 1. The fraction of sp³-hybridized carbons (Fsp3) is 0.200. The van der Waals surface area contributed by atoms with E-state index in [0.29, 0.717) is 6.54 Å². The van der Waals surface area contributed by atoms with Gasteiger partial charge in [0.25, 0.3) is 5.91 Å². The highest BCUT2D eigenvalue weighted by molar-refractivity contribution is 6.06. The summed E-state index contributed by atoms with van der Waals surface area (Å²) in [5, 5.41) is 0.991. The zero-order valence-corrected chi connectivity index (χ0v) is 14.4. The van der Waals surface area contributed by atoms with Crippen LogP contribution in [0.5, 0.6) is 0 Å². The molecule has 5 nitrogen and oxygen atoms in total. The maximum Gasteiger partial charge on any atom is 0.256 e. The first-order chi connectivity index (χ1) is 12.2. The lowest BCUT2D eigenvalue weighted by molar-refractivity contribution is 0.0783. The molecule has 2 aromatic heterocycles. The van der Waals surface area contributed by atoms with Crippen LogP contribution in [0.4, 0.5) is 0 Å². The number of fused-ring (bicyclic) bond motifs is 2. The quantitative estimate of drug-likeness (QED) is 0.618. The number of carbonyl (C=O) groups is 1. The van der Waals surface area contributed by atoms with E-state index in [4.69, 9.17) is 0 Å². The molecule has 0 fully saturated rings. The first-order valence-electron chi connectivity index (χ1n) is 8.44. The smallest absolute Gasteiger partial charge is 0.256 e.